The highest BCUT2D eigenvalue weighted by molar-refractivity contribution is 6.74. The molecule has 0 radical (unpaired) electrons. The predicted octanol–water partition coefficient (Wildman–Crippen LogP) is 5.77. The van der Waals surface area contributed by atoms with Crippen molar-refractivity contribution in [1.29, 1.82) is 0 Å². The van der Waals surface area contributed by atoms with Crippen molar-refractivity contribution in [2.45, 2.75) is 45.3 Å². The zero-order valence-electron chi connectivity index (χ0n) is 14.1. The molecule has 0 bridgehead atoms. The fourth-order valence-corrected chi connectivity index (χ4v) is 3.40. The van der Waals surface area contributed by atoms with Crippen molar-refractivity contribution < 1.29 is 9.16 Å². The first kappa shape index (κ1) is 15.2. The molecule has 1 aliphatic heterocycles. The number of fused-ring (bicyclic) bond motifs is 2. The zero-order valence-corrected chi connectivity index (χ0v) is 15.1. The molecule has 116 valence electrons. The van der Waals surface area contributed by atoms with Crippen molar-refractivity contribution in [3.63, 3.8) is 0 Å². The second kappa shape index (κ2) is 5.16. The van der Waals surface area contributed by atoms with Gasteiger partial charge in [0.1, 0.15) is 17.2 Å². The van der Waals surface area contributed by atoms with Gasteiger partial charge in [0.2, 0.25) is 8.32 Å². The first-order valence-corrected chi connectivity index (χ1v) is 10.7. The highest BCUT2D eigenvalue weighted by atomic mass is 28.4. The predicted molar refractivity (Wildman–Crippen MR) is 93.6 cm³/mol. The molecule has 0 saturated heterocycles. The number of hydrogen-bond donors (Lipinski definition) is 0. The molecule has 0 atom stereocenters. The van der Waals surface area contributed by atoms with E-state index in [1.165, 1.54) is 11.1 Å². The molecule has 2 aromatic carbocycles. The molecule has 2 nitrogen and oxygen atoms in total. The Morgan fingerprint density at radius 1 is 0.955 bits per heavy atom. The molecule has 0 N–H and O–H groups in total. The molecule has 3 rings (SSSR count). The van der Waals surface area contributed by atoms with Crippen LogP contribution in [-0.2, 0) is 6.42 Å². The fraction of sp³-hybridized carbons (Fsp3) is 0.368. The summed E-state index contributed by atoms with van der Waals surface area (Å²) in [6.07, 6.45) is 0.903. The van der Waals surface area contributed by atoms with Gasteiger partial charge in [0.25, 0.3) is 0 Å². The van der Waals surface area contributed by atoms with Gasteiger partial charge in [0.05, 0.1) is 0 Å². The summed E-state index contributed by atoms with van der Waals surface area (Å²) in [4.78, 5) is 0. The normalized spacial score (nSPS) is 13.9. The summed E-state index contributed by atoms with van der Waals surface area (Å²) in [5, 5.41) is 0.200. The number of benzene rings is 2. The van der Waals surface area contributed by atoms with Crippen LogP contribution >= 0.6 is 0 Å². The van der Waals surface area contributed by atoms with Gasteiger partial charge in [-0.05, 0) is 48.0 Å². The summed E-state index contributed by atoms with van der Waals surface area (Å²) in [7, 11) is -1.80. The Bertz CT molecular complexity index is 699. The largest absolute Gasteiger partial charge is 0.543 e. The van der Waals surface area contributed by atoms with Gasteiger partial charge >= 0.3 is 0 Å². The van der Waals surface area contributed by atoms with Crippen LogP contribution in [0.25, 0.3) is 0 Å². The zero-order chi connectivity index (χ0) is 16.0. The van der Waals surface area contributed by atoms with Gasteiger partial charge in [0, 0.05) is 12.0 Å². The third-order valence-electron chi connectivity index (χ3n) is 4.78. The van der Waals surface area contributed by atoms with Crippen molar-refractivity contribution in [2.75, 3.05) is 0 Å². The molecule has 3 heteroatoms. The summed E-state index contributed by atoms with van der Waals surface area (Å²) >= 11 is 0. The van der Waals surface area contributed by atoms with Crippen LogP contribution in [-0.4, -0.2) is 8.32 Å². The first-order chi connectivity index (χ1) is 10.3. The highest BCUT2D eigenvalue weighted by Crippen LogP contribution is 2.41. The van der Waals surface area contributed by atoms with Crippen LogP contribution < -0.4 is 9.16 Å². The summed E-state index contributed by atoms with van der Waals surface area (Å²) in [5.74, 6) is 2.88. The summed E-state index contributed by atoms with van der Waals surface area (Å²) in [6, 6.07) is 14.4. The van der Waals surface area contributed by atoms with E-state index in [1.54, 1.807) is 0 Å². The topological polar surface area (TPSA) is 18.5 Å². The molecule has 0 aliphatic carbocycles. The summed E-state index contributed by atoms with van der Waals surface area (Å²) in [5.41, 5.74) is 2.44. The number of ether oxygens (including phenoxy) is 1. The lowest BCUT2D eigenvalue weighted by atomic mass is 10.0. The maximum atomic E-state index is 6.40. The van der Waals surface area contributed by atoms with Crippen LogP contribution in [0.5, 0.6) is 17.2 Å². The molecule has 22 heavy (non-hydrogen) atoms. The van der Waals surface area contributed by atoms with E-state index in [0.717, 1.165) is 23.7 Å². The van der Waals surface area contributed by atoms with Crippen molar-refractivity contribution >= 4 is 8.32 Å². The van der Waals surface area contributed by atoms with Crippen LogP contribution in [0, 0.1) is 0 Å². The van der Waals surface area contributed by atoms with Gasteiger partial charge in [-0.2, -0.15) is 0 Å². The Balaban J connectivity index is 1.87. The lowest BCUT2D eigenvalue weighted by Crippen LogP contribution is -2.43. The van der Waals surface area contributed by atoms with Crippen molar-refractivity contribution in [3.8, 4) is 17.2 Å². The van der Waals surface area contributed by atoms with Crippen LogP contribution in [0.15, 0.2) is 42.5 Å². The van der Waals surface area contributed by atoms with Gasteiger partial charge in [-0.15, -0.1) is 0 Å². The van der Waals surface area contributed by atoms with Crippen molar-refractivity contribution in [1.82, 2.24) is 0 Å². The number of hydrogen-bond acceptors (Lipinski definition) is 2. The second-order valence-corrected chi connectivity index (χ2v) is 12.2. The standard InChI is InChI=1S/C19H24O2Si/c1-19(2,3)22(4,5)21-16-10-11-18-15(13-16)12-14-8-6-7-9-17(14)20-18/h6-11,13H,12H2,1-5H3. The Morgan fingerprint density at radius 3 is 2.36 bits per heavy atom. The average Bonchev–Trinajstić information content (AvgIpc) is 2.43. The average molecular weight is 312 g/mol. The van der Waals surface area contributed by atoms with E-state index in [1.807, 2.05) is 24.3 Å². The monoisotopic (exact) mass is 312 g/mol. The summed E-state index contributed by atoms with van der Waals surface area (Å²) in [6.45, 7) is 11.3. The van der Waals surface area contributed by atoms with Crippen molar-refractivity contribution in [2.24, 2.45) is 0 Å². The quantitative estimate of drug-likeness (QED) is 0.559. The van der Waals surface area contributed by atoms with E-state index in [0.29, 0.717) is 0 Å². The van der Waals surface area contributed by atoms with E-state index in [4.69, 9.17) is 9.16 Å². The molecule has 0 amide bonds. The van der Waals surface area contributed by atoms with Gasteiger partial charge in [-0.3, -0.25) is 0 Å². The number of rotatable bonds is 2. The van der Waals surface area contributed by atoms with Gasteiger partial charge < -0.3 is 9.16 Å². The van der Waals surface area contributed by atoms with Crippen LogP contribution in [0.4, 0.5) is 0 Å². The van der Waals surface area contributed by atoms with Gasteiger partial charge in [-0.1, -0.05) is 39.0 Å². The maximum absolute atomic E-state index is 6.40. The molecule has 1 aliphatic rings. The maximum Gasteiger partial charge on any atom is 0.250 e. The van der Waals surface area contributed by atoms with Gasteiger partial charge in [-0.25, -0.2) is 0 Å². The molecule has 0 aromatic heterocycles. The molecule has 1 heterocycles. The van der Waals surface area contributed by atoms with E-state index in [-0.39, 0.29) is 5.04 Å². The SMILES string of the molecule is CC(C)(C)[Si](C)(C)Oc1ccc2c(c1)Cc1ccccc1O2. The molecule has 0 fully saturated rings. The van der Waals surface area contributed by atoms with E-state index in [9.17, 15) is 0 Å². The lowest BCUT2D eigenvalue weighted by Gasteiger charge is -2.36. The van der Waals surface area contributed by atoms with Gasteiger partial charge in [0.15, 0.2) is 0 Å². The minimum absolute atomic E-state index is 0.200. The third kappa shape index (κ3) is 2.78. The van der Waals surface area contributed by atoms with Crippen LogP contribution in [0.2, 0.25) is 18.1 Å². The van der Waals surface area contributed by atoms with E-state index >= 15 is 0 Å². The number of para-hydroxylation sites is 1. The molecule has 0 saturated carbocycles. The third-order valence-corrected chi connectivity index (χ3v) is 9.14. The highest BCUT2D eigenvalue weighted by Gasteiger charge is 2.39. The minimum Gasteiger partial charge on any atom is -0.543 e. The first-order valence-electron chi connectivity index (χ1n) is 7.84. The Morgan fingerprint density at radius 2 is 1.64 bits per heavy atom. The Hall–Kier alpha value is -1.74. The molecular weight excluding hydrogens is 288 g/mol. The van der Waals surface area contributed by atoms with E-state index < -0.39 is 8.32 Å². The minimum atomic E-state index is -1.80. The smallest absolute Gasteiger partial charge is 0.250 e. The lowest BCUT2D eigenvalue weighted by molar-refractivity contribution is 0.454. The Kier molecular flexibility index (Phi) is 3.56. The van der Waals surface area contributed by atoms with Crippen LogP contribution in [0.3, 0.4) is 0 Å². The molecule has 2 aromatic rings. The molecular formula is C19H24O2Si. The Labute approximate surface area is 134 Å². The van der Waals surface area contributed by atoms with E-state index in [2.05, 4.69) is 52.1 Å². The fourth-order valence-electron chi connectivity index (χ4n) is 2.38. The molecule has 0 spiro atoms. The second-order valence-electron chi connectivity index (χ2n) is 7.52. The summed E-state index contributed by atoms with van der Waals surface area (Å²) < 4.78 is 12.4. The molecule has 0 unspecified atom stereocenters. The van der Waals surface area contributed by atoms with Crippen LogP contribution in [0.1, 0.15) is 31.9 Å². The van der Waals surface area contributed by atoms with Crippen molar-refractivity contribution in [3.05, 3.63) is 53.6 Å².